The van der Waals surface area contributed by atoms with Gasteiger partial charge in [0.1, 0.15) is 9.84 Å². The van der Waals surface area contributed by atoms with E-state index in [4.69, 9.17) is 5.73 Å². The molecule has 0 bridgehead atoms. The van der Waals surface area contributed by atoms with Gasteiger partial charge in [0.05, 0.1) is 5.75 Å². The van der Waals surface area contributed by atoms with Gasteiger partial charge in [0, 0.05) is 18.2 Å². The van der Waals surface area contributed by atoms with Crippen molar-refractivity contribution in [2.24, 2.45) is 5.73 Å². The molecule has 3 nitrogen and oxygen atoms in total. The summed E-state index contributed by atoms with van der Waals surface area (Å²) in [6.07, 6.45) is 3.21. The molecule has 2 N–H and O–H groups in total. The first kappa shape index (κ1) is 11.6. The molecule has 1 aliphatic rings. The van der Waals surface area contributed by atoms with Gasteiger partial charge in [-0.2, -0.15) is 0 Å². The zero-order valence-electron chi connectivity index (χ0n) is 9.44. The van der Waals surface area contributed by atoms with E-state index in [1.165, 1.54) is 6.26 Å². The van der Waals surface area contributed by atoms with Crippen LogP contribution in [0.1, 0.15) is 24.0 Å². The average Bonchev–Trinajstić information content (AvgIpc) is 2.96. The summed E-state index contributed by atoms with van der Waals surface area (Å²) in [7, 11) is -2.93. The third-order valence-electron chi connectivity index (χ3n) is 3.20. The fourth-order valence-corrected chi connectivity index (χ4v) is 3.81. The number of nitrogens with two attached hydrogens (primary N) is 1. The van der Waals surface area contributed by atoms with Gasteiger partial charge in [0.25, 0.3) is 0 Å². The van der Waals surface area contributed by atoms with Gasteiger partial charge in [0.2, 0.25) is 0 Å². The maximum atomic E-state index is 11.4. The van der Waals surface area contributed by atoms with Crippen LogP contribution in [0.2, 0.25) is 0 Å². The normalized spacial score (nSPS) is 18.4. The Hall–Kier alpha value is -0.870. The van der Waals surface area contributed by atoms with Crippen LogP contribution in [0.15, 0.2) is 24.3 Å². The van der Waals surface area contributed by atoms with Crippen LogP contribution in [-0.4, -0.2) is 20.4 Å². The van der Waals surface area contributed by atoms with Crippen molar-refractivity contribution in [3.8, 4) is 0 Å². The first-order chi connectivity index (χ1) is 7.47. The van der Waals surface area contributed by atoms with Crippen molar-refractivity contribution in [2.75, 3.05) is 12.0 Å². The number of sulfone groups is 1. The summed E-state index contributed by atoms with van der Waals surface area (Å²) in [6.45, 7) is 0.474. The molecule has 1 fully saturated rings. The van der Waals surface area contributed by atoms with Crippen molar-refractivity contribution < 1.29 is 8.42 Å². The maximum absolute atomic E-state index is 11.4. The van der Waals surface area contributed by atoms with Crippen molar-refractivity contribution in [2.45, 2.75) is 24.8 Å². The Labute approximate surface area is 96.6 Å². The molecule has 16 heavy (non-hydrogen) atoms. The first-order valence-corrected chi connectivity index (χ1v) is 7.49. The fourth-order valence-electron chi connectivity index (χ4n) is 2.36. The Bertz CT molecular complexity index is 489. The van der Waals surface area contributed by atoms with Gasteiger partial charge in [-0.15, -0.1) is 0 Å². The third-order valence-corrected chi connectivity index (χ3v) is 4.28. The summed E-state index contributed by atoms with van der Waals surface area (Å²) in [4.78, 5) is 0. The average molecular weight is 239 g/mol. The van der Waals surface area contributed by atoms with Crippen molar-refractivity contribution in [3.63, 3.8) is 0 Å². The molecule has 0 unspecified atom stereocenters. The second kappa shape index (κ2) is 3.86. The molecule has 1 aromatic rings. The molecule has 88 valence electrons. The predicted octanol–water partition coefficient (Wildman–Crippen LogP) is 1.22. The second-order valence-electron chi connectivity index (χ2n) is 4.71. The van der Waals surface area contributed by atoms with Crippen LogP contribution in [0, 0.1) is 0 Å². The van der Waals surface area contributed by atoms with Gasteiger partial charge >= 0.3 is 0 Å². The largest absolute Gasteiger partial charge is 0.326 e. The van der Waals surface area contributed by atoms with Gasteiger partial charge in [-0.1, -0.05) is 24.3 Å². The molecular weight excluding hydrogens is 222 g/mol. The molecule has 0 spiro atoms. The molecule has 0 aliphatic heterocycles. The molecule has 0 heterocycles. The van der Waals surface area contributed by atoms with Crippen LogP contribution in [0.5, 0.6) is 0 Å². The first-order valence-electron chi connectivity index (χ1n) is 5.43. The zero-order valence-corrected chi connectivity index (χ0v) is 10.3. The van der Waals surface area contributed by atoms with Gasteiger partial charge in [-0.05, 0) is 24.0 Å². The molecule has 1 aromatic carbocycles. The number of benzene rings is 1. The highest BCUT2D eigenvalue weighted by Crippen LogP contribution is 2.50. The molecule has 0 saturated heterocycles. The van der Waals surface area contributed by atoms with Crippen molar-refractivity contribution in [1.82, 2.24) is 0 Å². The molecule has 0 amide bonds. The lowest BCUT2D eigenvalue weighted by Gasteiger charge is -2.17. The number of rotatable bonds is 4. The maximum Gasteiger partial charge on any atom is 0.148 e. The standard InChI is InChI=1S/C12H17NO2S/c1-16(14,15)9-12(6-7-12)11-5-3-2-4-10(11)8-13/h2-5H,6-9,13H2,1H3. The van der Waals surface area contributed by atoms with E-state index in [9.17, 15) is 8.42 Å². The van der Waals surface area contributed by atoms with Gasteiger partial charge in [0.15, 0.2) is 0 Å². The smallest absolute Gasteiger partial charge is 0.148 e. The monoisotopic (exact) mass is 239 g/mol. The molecule has 4 heteroatoms. The van der Waals surface area contributed by atoms with E-state index in [-0.39, 0.29) is 11.2 Å². The Kier molecular flexibility index (Phi) is 2.80. The molecule has 1 saturated carbocycles. The molecule has 0 atom stereocenters. The second-order valence-corrected chi connectivity index (χ2v) is 6.85. The molecule has 2 rings (SSSR count). The number of hydrogen-bond acceptors (Lipinski definition) is 3. The SMILES string of the molecule is CS(=O)(=O)CC1(c2ccccc2CN)CC1. The highest BCUT2D eigenvalue weighted by atomic mass is 32.2. The van der Waals surface area contributed by atoms with Crippen LogP contribution in [0.4, 0.5) is 0 Å². The Morgan fingerprint density at radius 3 is 2.44 bits per heavy atom. The fraction of sp³-hybridized carbons (Fsp3) is 0.500. The lowest BCUT2D eigenvalue weighted by molar-refractivity contribution is 0.591. The lowest BCUT2D eigenvalue weighted by Crippen LogP contribution is -2.22. The summed E-state index contributed by atoms with van der Waals surface area (Å²) in [5, 5.41) is 0. The highest BCUT2D eigenvalue weighted by Gasteiger charge is 2.47. The van der Waals surface area contributed by atoms with E-state index >= 15 is 0 Å². The zero-order chi connectivity index (χ0) is 11.8. The third kappa shape index (κ3) is 2.28. The Morgan fingerprint density at radius 2 is 1.94 bits per heavy atom. The van der Waals surface area contributed by atoms with Crippen molar-refractivity contribution >= 4 is 9.84 Å². The summed E-state index contributed by atoms with van der Waals surface area (Å²) >= 11 is 0. The minimum Gasteiger partial charge on any atom is -0.326 e. The molecular formula is C12H17NO2S. The van der Waals surface area contributed by atoms with Crippen LogP contribution < -0.4 is 5.73 Å². The number of hydrogen-bond donors (Lipinski definition) is 1. The van der Waals surface area contributed by atoms with Crippen molar-refractivity contribution in [1.29, 1.82) is 0 Å². The van der Waals surface area contributed by atoms with Crippen LogP contribution in [0.25, 0.3) is 0 Å². The van der Waals surface area contributed by atoms with E-state index in [0.717, 1.165) is 24.0 Å². The van der Waals surface area contributed by atoms with Gasteiger partial charge in [-0.3, -0.25) is 0 Å². The summed E-state index contributed by atoms with van der Waals surface area (Å²) in [6, 6.07) is 7.90. The van der Waals surface area contributed by atoms with Crippen molar-refractivity contribution in [3.05, 3.63) is 35.4 Å². The predicted molar refractivity (Wildman–Crippen MR) is 65.0 cm³/mol. The molecule has 1 aliphatic carbocycles. The van der Waals surface area contributed by atoms with E-state index in [0.29, 0.717) is 6.54 Å². The minimum absolute atomic E-state index is 0.149. The van der Waals surface area contributed by atoms with E-state index in [1.54, 1.807) is 0 Å². The Balaban J connectivity index is 2.37. The van der Waals surface area contributed by atoms with E-state index in [2.05, 4.69) is 0 Å². The van der Waals surface area contributed by atoms with Crippen LogP contribution >= 0.6 is 0 Å². The van der Waals surface area contributed by atoms with E-state index < -0.39 is 9.84 Å². The summed E-state index contributed by atoms with van der Waals surface area (Å²) in [5.74, 6) is 0.247. The quantitative estimate of drug-likeness (QED) is 0.859. The Morgan fingerprint density at radius 1 is 1.31 bits per heavy atom. The topological polar surface area (TPSA) is 60.2 Å². The van der Waals surface area contributed by atoms with E-state index in [1.807, 2.05) is 24.3 Å². The van der Waals surface area contributed by atoms with Gasteiger partial charge in [-0.25, -0.2) is 8.42 Å². The highest BCUT2D eigenvalue weighted by molar-refractivity contribution is 7.90. The molecule has 0 aromatic heterocycles. The summed E-state index contributed by atoms with van der Waals surface area (Å²) < 4.78 is 22.9. The minimum atomic E-state index is -2.93. The van der Waals surface area contributed by atoms with Crippen LogP contribution in [-0.2, 0) is 21.8 Å². The summed E-state index contributed by atoms with van der Waals surface area (Å²) in [5.41, 5.74) is 7.74. The lowest BCUT2D eigenvalue weighted by atomic mass is 9.93. The van der Waals surface area contributed by atoms with Crippen LogP contribution in [0.3, 0.4) is 0 Å². The molecule has 0 radical (unpaired) electrons. The van der Waals surface area contributed by atoms with Gasteiger partial charge < -0.3 is 5.73 Å².